The Hall–Kier alpha value is -2.42. The van der Waals surface area contributed by atoms with E-state index in [2.05, 4.69) is 32.7 Å². The second-order valence-corrected chi connectivity index (χ2v) is 8.90. The molecule has 1 aromatic carbocycles. The zero-order valence-electron chi connectivity index (χ0n) is 16.7. The molecule has 3 heterocycles. The van der Waals surface area contributed by atoms with E-state index in [9.17, 15) is 14.7 Å². The van der Waals surface area contributed by atoms with Crippen molar-refractivity contribution in [3.63, 3.8) is 0 Å². The third-order valence-corrected chi connectivity index (χ3v) is 6.63. The maximum absolute atomic E-state index is 11.7. The van der Waals surface area contributed by atoms with Crippen LogP contribution >= 0.6 is 11.8 Å². The number of carbonyl (C=O) groups excluding carboxylic acids is 2. The first-order valence-corrected chi connectivity index (χ1v) is 11.1. The molecule has 158 valence electrons. The molecule has 0 aliphatic carbocycles. The van der Waals surface area contributed by atoms with Crippen LogP contribution in [0.25, 0.3) is 0 Å². The van der Waals surface area contributed by atoms with Gasteiger partial charge in [-0.25, -0.2) is 0 Å². The molecule has 2 aliphatic heterocycles. The molecule has 30 heavy (non-hydrogen) atoms. The summed E-state index contributed by atoms with van der Waals surface area (Å²) in [6, 6.07) is 12.4. The van der Waals surface area contributed by atoms with Gasteiger partial charge in [-0.15, -0.1) is 0 Å². The number of pyridine rings is 1. The van der Waals surface area contributed by atoms with E-state index in [1.165, 1.54) is 5.69 Å². The minimum atomic E-state index is -0.542. The molecule has 0 saturated carbocycles. The summed E-state index contributed by atoms with van der Waals surface area (Å²) in [7, 11) is 0. The SMILES string of the molecule is O=C1NC(=O)C(Cc2ccc(N3CCC(NCC(O)c4cccnc4)CC3)cc2)S1. The van der Waals surface area contributed by atoms with Gasteiger partial charge in [0.1, 0.15) is 0 Å². The molecule has 2 aromatic rings. The van der Waals surface area contributed by atoms with Crippen LogP contribution < -0.4 is 15.5 Å². The van der Waals surface area contributed by atoms with E-state index in [0.29, 0.717) is 19.0 Å². The summed E-state index contributed by atoms with van der Waals surface area (Å²) in [5, 5.41) is 15.5. The van der Waals surface area contributed by atoms with E-state index in [0.717, 1.165) is 48.8 Å². The van der Waals surface area contributed by atoms with Crippen molar-refractivity contribution in [3.05, 3.63) is 59.9 Å². The summed E-state index contributed by atoms with van der Waals surface area (Å²) >= 11 is 1.07. The lowest BCUT2D eigenvalue weighted by Crippen LogP contribution is -2.43. The van der Waals surface area contributed by atoms with Crippen molar-refractivity contribution >= 4 is 28.6 Å². The molecule has 2 unspecified atom stereocenters. The fourth-order valence-electron chi connectivity index (χ4n) is 3.90. The largest absolute Gasteiger partial charge is 0.387 e. The fourth-order valence-corrected chi connectivity index (χ4v) is 4.76. The minimum Gasteiger partial charge on any atom is -0.387 e. The number of benzene rings is 1. The van der Waals surface area contributed by atoms with Gasteiger partial charge < -0.3 is 15.3 Å². The predicted molar refractivity (Wildman–Crippen MR) is 117 cm³/mol. The molecule has 8 heteroatoms. The molecular formula is C22H26N4O3S. The predicted octanol–water partition coefficient (Wildman–Crippen LogP) is 2.27. The van der Waals surface area contributed by atoms with Crippen LogP contribution in [0.3, 0.4) is 0 Å². The molecule has 0 bridgehead atoms. The fraction of sp³-hybridized carbons (Fsp3) is 0.409. The molecule has 2 aliphatic rings. The first-order valence-electron chi connectivity index (χ1n) is 10.3. The highest BCUT2D eigenvalue weighted by atomic mass is 32.2. The van der Waals surface area contributed by atoms with E-state index in [1.54, 1.807) is 12.4 Å². The number of hydrogen-bond acceptors (Lipinski definition) is 7. The lowest BCUT2D eigenvalue weighted by atomic mass is 10.0. The molecule has 0 radical (unpaired) electrons. The van der Waals surface area contributed by atoms with Crippen molar-refractivity contribution in [1.29, 1.82) is 0 Å². The molecule has 7 nitrogen and oxygen atoms in total. The number of aromatic nitrogens is 1. The summed E-state index contributed by atoms with van der Waals surface area (Å²) in [5.74, 6) is -0.197. The molecule has 0 spiro atoms. The standard InChI is InChI=1S/C22H26N4O3S/c27-19(16-2-1-9-23-13-16)14-24-17-7-10-26(11-8-17)18-5-3-15(4-6-18)12-20-21(28)25-22(29)30-20/h1-6,9,13,17,19-20,24,27H,7-8,10-12,14H2,(H,25,28,29). The second kappa shape index (κ2) is 9.59. The summed E-state index contributed by atoms with van der Waals surface area (Å²) in [5.41, 5.74) is 3.06. The number of aliphatic hydroxyl groups excluding tert-OH is 1. The number of carbonyl (C=O) groups is 2. The Balaban J connectivity index is 1.23. The maximum atomic E-state index is 11.7. The monoisotopic (exact) mass is 426 g/mol. The molecular weight excluding hydrogens is 400 g/mol. The van der Waals surface area contributed by atoms with Crippen molar-refractivity contribution in [2.24, 2.45) is 0 Å². The van der Waals surface area contributed by atoms with Gasteiger partial charge in [-0.3, -0.25) is 19.9 Å². The van der Waals surface area contributed by atoms with Crippen molar-refractivity contribution in [2.45, 2.75) is 36.7 Å². The van der Waals surface area contributed by atoms with Gasteiger partial charge in [-0.05, 0) is 43.0 Å². The van der Waals surface area contributed by atoms with Crippen LogP contribution in [0, 0.1) is 0 Å². The van der Waals surface area contributed by atoms with Crippen LogP contribution in [0.1, 0.15) is 30.1 Å². The van der Waals surface area contributed by atoms with Gasteiger partial charge in [0.05, 0.1) is 11.4 Å². The molecule has 2 fully saturated rings. The first kappa shape index (κ1) is 20.8. The van der Waals surface area contributed by atoms with E-state index in [-0.39, 0.29) is 16.4 Å². The van der Waals surface area contributed by atoms with Crippen LogP contribution in [-0.4, -0.2) is 52.2 Å². The van der Waals surface area contributed by atoms with Crippen LogP contribution in [-0.2, 0) is 11.2 Å². The number of amides is 2. The third kappa shape index (κ3) is 5.19. The summed E-state index contributed by atoms with van der Waals surface area (Å²) in [6.07, 6.45) is 5.46. The zero-order chi connectivity index (χ0) is 20.9. The average Bonchev–Trinajstić information content (AvgIpc) is 3.10. The van der Waals surface area contributed by atoms with Gasteiger partial charge in [-0.1, -0.05) is 30.0 Å². The number of hydrogen-bond donors (Lipinski definition) is 3. The Bertz CT molecular complexity index is 870. The Kier molecular flexibility index (Phi) is 6.66. The first-order chi connectivity index (χ1) is 14.6. The van der Waals surface area contributed by atoms with E-state index >= 15 is 0 Å². The average molecular weight is 427 g/mol. The number of thioether (sulfide) groups is 1. The Morgan fingerprint density at radius 3 is 2.60 bits per heavy atom. The zero-order valence-corrected chi connectivity index (χ0v) is 17.5. The van der Waals surface area contributed by atoms with Gasteiger partial charge in [0.2, 0.25) is 5.91 Å². The highest BCUT2D eigenvalue weighted by Gasteiger charge is 2.31. The quantitative estimate of drug-likeness (QED) is 0.625. The van der Waals surface area contributed by atoms with Gasteiger partial charge in [0, 0.05) is 49.3 Å². The van der Waals surface area contributed by atoms with Crippen LogP contribution in [0.2, 0.25) is 0 Å². The van der Waals surface area contributed by atoms with E-state index < -0.39 is 6.10 Å². The summed E-state index contributed by atoms with van der Waals surface area (Å²) in [6.45, 7) is 2.44. The molecule has 4 rings (SSSR count). The number of nitrogens with one attached hydrogen (secondary N) is 2. The Morgan fingerprint density at radius 2 is 1.97 bits per heavy atom. The topological polar surface area (TPSA) is 94.6 Å². The highest BCUT2D eigenvalue weighted by Crippen LogP contribution is 2.25. The van der Waals surface area contributed by atoms with Gasteiger partial charge in [-0.2, -0.15) is 0 Å². The number of piperidine rings is 1. The molecule has 3 N–H and O–H groups in total. The molecule has 2 saturated heterocycles. The van der Waals surface area contributed by atoms with E-state index in [4.69, 9.17) is 0 Å². The summed E-state index contributed by atoms with van der Waals surface area (Å²) in [4.78, 5) is 29.4. The molecule has 2 amide bonds. The van der Waals surface area contributed by atoms with E-state index in [1.807, 2.05) is 24.3 Å². The molecule has 2 atom stereocenters. The number of rotatable bonds is 7. The smallest absolute Gasteiger partial charge is 0.286 e. The normalized spacial score (nSPS) is 21.0. The van der Waals surface area contributed by atoms with Gasteiger partial charge >= 0.3 is 0 Å². The Morgan fingerprint density at radius 1 is 1.20 bits per heavy atom. The van der Waals surface area contributed by atoms with Crippen molar-refractivity contribution in [2.75, 3.05) is 24.5 Å². The van der Waals surface area contributed by atoms with Crippen LogP contribution in [0.5, 0.6) is 0 Å². The summed E-state index contributed by atoms with van der Waals surface area (Å²) < 4.78 is 0. The number of imide groups is 1. The number of aliphatic hydroxyl groups is 1. The number of anilines is 1. The maximum Gasteiger partial charge on any atom is 0.286 e. The van der Waals surface area contributed by atoms with Gasteiger partial charge in [0.25, 0.3) is 5.24 Å². The second-order valence-electron chi connectivity index (χ2n) is 7.73. The third-order valence-electron chi connectivity index (χ3n) is 5.65. The van der Waals surface area contributed by atoms with Crippen molar-refractivity contribution in [3.8, 4) is 0 Å². The van der Waals surface area contributed by atoms with Crippen molar-refractivity contribution in [1.82, 2.24) is 15.6 Å². The van der Waals surface area contributed by atoms with Gasteiger partial charge in [0.15, 0.2) is 0 Å². The molecule has 1 aromatic heterocycles. The highest BCUT2D eigenvalue weighted by molar-refractivity contribution is 8.15. The van der Waals surface area contributed by atoms with Crippen molar-refractivity contribution < 1.29 is 14.7 Å². The number of nitrogens with zero attached hydrogens (tertiary/aromatic N) is 2. The van der Waals surface area contributed by atoms with Crippen LogP contribution in [0.4, 0.5) is 10.5 Å². The van der Waals surface area contributed by atoms with Crippen LogP contribution in [0.15, 0.2) is 48.8 Å². The minimum absolute atomic E-state index is 0.197. The lowest BCUT2D eigenvalue weighted by Gasteiger charge is -2.34. The Labute approximate surface area is 180 Å². The lowest BCUT2D eigenvalue weighted by molar-refractivity contribution is -0.118.